The Morgan fingerprint density at radius 1 is 1.28 bits per heavy atom. The molecule has 0 saturated heterocycles. The molecular formula is C22H22ClF2N5O2. The number of rotatable bonds is 7. The van der Waals surface area contributed by atoms with Gasteiger partial charge in [0.2, 0.25) is 0 Å². The molecule has 0 bridgehead atoms. The molecule has 1 atom stereocenters. The van der Waals surface area contributed by atoms with Crippen molar-refractivity contribution in [1.29, 1.82) is 0 Å². The number of hydrogen-bond acceptors (Lipinski definition) is 6. The molecule has 0 fully saturated rings. The van der Waals surface area contributed by atoms with Gasteiger partial charge in [0.15, 0.2) is 11.6 Å². The first kappa shape index (κ1) is 22.3. The standard InChI is InChI=1S/C22H22ClF2N5O2/c1-22(19-5-4-6-20(23)28-19,15-11-27-29(2)17(15)12-31-3)13-30-8-7-18(32-30)21-16(25)9-14(24)10-26-21/h4-7,9-11H,8,12-13H2,1-3H3. The average molecular weight is 462 g/mol. The molecule has 0 radical (unpaired) electrons. The normalized spacial score (nSPS) is 16.0. The molecule has 0 spiro atoms. The largest absolute Gasteiger partial charge is 0.404 e. The van der Waals surface area contributed by atoms with Crippen LogP contribution < -0.4 is 0 Å². The van der Waals surface area contributed by atoms with Gasteiger partial charge >= 0.3 is 0 Å². The van der Waals surface area contributed by atoms with Gasteiger partial charge in [-0.15, -0.1) is 5.06 Å². The van der Waals surface area contributed by atoms with Gasteiger partial charge in [0, 0.05) is 25.8 Å². The van der Waals surface area contributed by atoms with E-state index in [1.54, 1.807) is 35.2 Å². The topological polar surface area (TPSA) is 65.3 Å². The number of methoxy groups -OCH3 is 1. The van der Waals surface area contributed by atoms with Gasteiger partial charge in [-0.1, -0.05) is 17.7 Å². The molecule has 168 valence electrons. The van der Waals surface area contributed by atoms with Crippen LogP contribution in [0.15, 0.2) is 42.7 Å². The number of ether oxygens (including phenoxy) is 1. The first-order valence-electron chi connectivity index (χ1n) is 9.89. The number of halogens is 3. The van der Waals surface area contributed by atoms with Gasteiger partial charge in [0.25, 0.3) is 0 Å². The van der Waals surface area contributed by atoms with E-state index in [-0.39, 0.29) is 11.5 Å². The Balaban J connectivity index is 1.67. The number of nitrogens with zero attached hydrogens (tertiary/aromatic N) is 5. The first-order valence-corrected chi connectivity index (χ1v) is 10.3. The highest BCUT2D eigenvalue weighted by Gasteiger charge is 2.38. The summed E-state index contributed by atoms with van der Waals surface area (Å²) in [4.78, 5) is 14.3. The molecule has 1 aliphatic rings. The lowest BCUT2D eigenvalue weighted by atomic mass is 9.79. The molecule has 4 rings (SSSR count). The van der Waals surface area contributed by atoms with E-state index in [0.29, 0.717) is 24.8 Å². The Morgan fingerprint density at radius 2 is 2.09 bits per heavy atom. The molecule has 4 heterocycles. The molecule has 7 nitrogen and oxygen atoms in total. The molecule has 32 heavy (non-hydrogen) atoms. The van der Waals surface area contributed by atoms with Crippen LogP contribution in [0.1, 0.15) is 29.6 Å². The molecule has 1 aliphatic heterocycles. The Kier molecular flexibility index (Phi) is 6.23. The van der Waals surface area contributed by atoms with Gasteiger partial charge in [0.1, 0.15) is 16.7 Å². The summed E-state index contributed by atoms with van der Waals surface area (Å²) in [7, 11) is 3.47. The molecule has 10 heteroatoms. The second kappa shape index (κ2) is 8.93. The van der Waals surface area contributed by atoms with Crippen molar-refractivity contribution in [3.05, 3.63) is 82.2 Å². The molecule has 0 N–H and O–H groups in total. The lowest BCUT2D eigenvalue weighted by Crippen LogP contribution is -2.39. The molecule has 0 aromatic carbocycles. The second-order valence-corrected chi connectivity index (χ2v) is 8.09. The minimum Gasteiger partial charge on any atom is -0.404 e. The maximum Gasteiger partial charge on any atom is 0.173 e. The van der Waals surface area contributed by atoms with Gasteiger partial charge in [-0.3, -0.25) is 4.68 Å². The molecule has 1 unspecified atom stereocenters. The summed E-state index contributed by atoms with van der Waals surface area (Å²) in [6, 6.07) is 6.21. The maximum absolute atomic E-state index is 14.2. The monoisotopic (exact) mass is 461 g/mol. The highest BCUT2D eigenvalue weighted by Crippen LogP contribution is 2.36. The number of hydrogen-bond donors (Lipinski definition) is 0. The van der Waals surface area contributed by atoms with Crippen molar-refractivity contribution in [3.8, 4) is 0 Å². The van der Waals surface area contributed by atoms with Crippen LogP contribution in [0.2, 0.25) is 5.15 Å². The second-order valence-electron chi connectivity index (χ2n) is 7.71. The van der Waals surface area contributed by atoms with Crippen molar-refractivity contribution < 1.29 is 18.4 Å². The van der Waals surface area contributed by atoms with Gasteiger partial charge < -0.3 is 9.57 Å². The van der Waals surface area contributed by atoms with E-state index >= 15 is 0 Å². The van der Waals surface area contributed by atoms with Crippen molar-refractivity contribution in [2.75, 3.05) is 20.2 Å². The average Bonchev–Trinajstić information content (AvgIpc) is 3.35. The van der Waals surface area contributed by atoms with Gasteiger partial charge in [0.05, 0.1) is 48.9 Å². The van der Waals surface area contributed by atoms with E-state index in [9.17, 15) is 8.78 Å². The molecule has 3 aromatic heterocycles. The molecular weight excluding hydrogens is 440 g/mol. The summed E-state index contributed by atoms with van der Waals surface area (Å²) in [5.41, 5.74) is 1.78. The number of hydroxylamine groups is 2. The van der Waals surface area contributed by atoms with E-state index in [2.05, 4.69) is 15.1 Å². The van der Waals surface area contributed by atoms with Crippen LogP contribution in [0.3, 0.4) is 0 Å². The minimum atomic E-state index is -0.785. The highest BCUT2D eigenvalue weighted by molar-refractivity contribution is 6.29. The predicted octanol–water partition coefficient (Wildman–Crippen LogP) is 3.88. The van der Waals surface area contributed by atoms with E-state index in [4.69, 9.17) is 21.2 Å². The Labute approximate surface area is 189 Å². The Bertz CT molecular complexity index is 1170. The highest BCUT2D eigenvalue weighted by atomic mass is 35.5. The summed E-state index contributed by atoms with van der Waals surface area (Å²) in [5, 5.41) is 6.45. The summed E-state index contributed by atoms with van der Waals surface area (Å²) in [6.07, 6.45) is 4.44. The van der Waals surface area contributed by atoms with E-state index in [0.717, 1.165) is 29.2 Å². The fraction of sp³-hybridized carbons (Fsp3) is 0.318. The third-order valence-electron chi connectivity index (χ3n) is 5.46. The third kappa shape index (κ3) is 4.23. The lowest BCUT2D eigenvalue weighted by Gasteiger charge is -2.33. The zero-order chi connectivity index (χ0) is 22.9. The summed E-state index contributed by atoms with van der Waals surface area (Å²) in [5.74, 6) is -1.30. The smallest absolute Gasteiger partial charge is 0.173 e. The Hall–Kier alpha value is -2.88. The SMILES string of the molecule is COCc1c(C(C)(CN2CC=C(c3ncc(F)cc3F)O2)c2cccc(Cl)n2)cnn1C. The van der Waals surface area contributed by atoms with E-state index in [1.165, 1.54) is 0 Å². The van der Waals surface area contributed by atoms with Crippen molar-refractivity contribution in [2.45, 2.75) is 18.9 Å². The van der Waals surface area contributed by atoms with E-state index < -0.39 is 17.0 Å². The van der Waals surface area contributed by atoms with Crippen LogP contribution >= 0.6 is 11.6 Å². The van der Waals surface area contributed by atoms with Crippen molar-refractivity contribution in [1.82, 2.24) is 24.8 Å². The summed E-state index contributed by atoms with van der Waals surface area (Å²) in [6.45, 7) is 3.10. The van der Waals surface area contributed by atoms with Crippen molar-refractivity contribution in [3.63, 3.8) is 0 Å². The molecule has 0 saturated carbocycles. The zero-order valence-electron chi connectivity index (χ0n) is 17.8. The van der Waals surface area contributed by atoms with Crippen LogP contribution in [0.25, 0.3) is 5.76 Å². The van der Waals surface area contributed by atoms with Crippen LogP contribution in [-0.4, -0.2) is 45.0 Å². The first-order chi connectivity index (χ1) is 15.3. The molecule has 0 amide bonds. The molecule has 3 aromatic rings. The fourth-order valence-corrected chi connectivity index (χ4v) is 4.00. The Morgan fingerprint density at radius 3 is 2.81 bits per heavy atom. The predicted molar refractivity (Wildman–Crippen MR) is 114 cm³/mol. The third-order valence-corrected chi connectivity index (χ3v) is 5.67. The quantitative estimate of drug-likeness (QED) is 0.497. The van der Waals surface area contributed by atoms with Crippen LogP contribution in [0.5, 0.6) is 0 Å². The van der Waals surface area contributed by atoms with Crippen LogP contribution in [0.4, 0.5) is 8.78 Å². The number of aromatic nitrogens is 4. The summed E-state index contributed by atoms with van der Waals surface area (Å²) >= 11 is 6.20. The van der Waals surface area contributed by atoms with Crippen LogP contribution in [0, 0.1) is 11.6 Å². The number of pyridine rings is 2. The number of aryl methyl sites for hydroxylation is 1. The zero-order valence-corrected chi connectivity index (χ0v) is 18.6. The molecule has 0 aliphatic carbocycles. The van der Waals surface area contributed by atoms with Gasteiger partial charge in [-0.2, -0.15) is 5.10 Å². The van der Waals surface area contributed by atoms with Gasteiger partial charge in [-0.25, -0.2) is 18.7 Å². The fourth-order valence-electron chi connectivity index (χ4n) is 3.84. The minimum absolute atomic E-state index is 0.0436. The maximum atomic E-state index is 14.2. The lowest BCUT2D eigenvalue weighted by molar-refractivity contribution is -0.0728. The van der Waals surface area contributed by atoms with E-state index in [1.807, 2.05) is 26.1 Å². The van der Waals surface area contributed by atoms with Crippen molar-refractivity contribution in [2.24, 2.45) is 7.05 Å². The van der Waals surface area contributed by atoms with Gasteiger partial charge in [-0.05, 0) is 25.1 Å². The van der Waals surface area contributed by atoms with Crippen LogP contribution in [-0.2, 0) is 28.6 Å². The summed E-state index contributed by atoms with van der Waals surface area (Å²) < 4.78 is 34.6. The van der Waals surface area contributed by atoms with Crippen molar-refractivity contribution >= 4 is 17.4 Å².